The van der Waals surface area contributed by atoms with Crippen LogP contribution in [0.2, 0.25) is 0 Å². The average Bonchev–Trinajstić information content (AvgIpc) is 3.99. The Morgan fingerprint density at radius 1 is 0.952 bits per heavy atom. The highest BCUT2D eigenvalue weighted by molar-refractivity contribution is 7.90. The second-order valence-electron chi connectivity index (χ2n) is 16.4. The van der Waals surface area contributed by atoms with Gasteiger partial charge in [0.25, 0.3) is 5.91 Å². The van der Waals surface area contributed by atoms with Crippen LogP contribution in [0.25, 0.3) is 22.2 Å². The van der Waals surface area contributed by atoms with Crippen LogP contribution in [-0.4, -0.2) is 125 Å². The van der Waals surface area contributed by atoms with Crippen molar-refractivity contribution < 1.29 is 45.9 Å². The maximum Gasteiger partial charge on any atom is 0.301 e. The molecule has 63 heavy (non-hydrogen) atoms. The second-order valence-corrected chi connectivity index (χ2v) is 18.0. The van der Waals surface area contributed by atoms with Gasteiger partial charge < -0.3 is 19.9 Å². The smallest absolute Gasteiger partial charge is 0.301 e. The minimum Gasteiger partial charge on any atom is -0.391 e. The number of aromatic amines is 1. The Bertz CT molecular complexity index is 2760. The lowest BCUT2D eigenvalue weighted by atomic mass is 9.99. The highest BCUT2D eigenvalue weighted by Gasteiger charge is 2.39. The van der Waals surface area contributed by atoms with Crippen LogP contribution in [0.15, 0.2) is 73.1 Å². The number of anilines is 2. The number of β-amino-alcohol motifs (C(OH)–C–C–N with tert-alkyl or cyclic N) is 1. The number of aliphatic hydroxyl groups is 1. The van der Waals surface area contributed by atoms with Crippen molar-refractivity contribution in [2.75, 3.05) is 55.4 Å². The third kappa shape index (κ3) is 8.40. The number of nitrogens with one attached hydrogen (secondary N) is 3. The van der Waals surface area contributed by atoms with E-state index in [1.54, 1.807) is 23.2 Å². The Kier molecular flexibility index (Phi) is 11.3. The molecule has 3 fully saturated rings. The number of aromatic nitrogens is 2. The van der Waals surface area contributed by atoms with Crippen LogP contribution in [0.3, 0.4) is 0 Å². The fourth-order valence-corrected chi connectivity index (χ4v) is 10.1. The van der Waals surface area contributed by atoms with E-state index >= 15 is 8.78 Å². The number of carbonyl (C=O) groups is 4. The molecule has 3 amide bonds. The normalized spacial score (nSPS) is 20.3. The molecule has 5 aromatic rings. The minimum atomic E-state index is -4.37. The number of ketones is 1. The van der Waals surface area contributed by atoms with Crippen LogP contribution < -0.4 is 14.9 Å². The molecule has 0 aliphatic carbocycles. The van der Waals surface area contributed by atoms with Gasteiger partial charge in [0.1, 0.15) is 23.7 Å². The molecule has 2 unspecified atom stereocenters. The van der Waals surface area contributed by atoms with Crippen molar-refractivity contribution in [3.05, 3.63) is 113 Å². The molecule has 4 N–H and O–H groups in total. The Hall–Kier alpha value is -6.15. The van der Waals surface area contributed by atoms with Crippen LogP contribution >= 0.6 is 0 Å². The number of amides is 3. The number of piperazine rings is 1. The van der Waals surface area contributed by atoms with E-state index in [1.165, 1.54) is 6.20 Å². The van der Waals surface area contributed by atoms with Gasteiger partial charge in [-0.3, -0.25) is 34.1 Å². The number of imide groups is 1. The van der Waals surface area contributed by atoms with Gasteiger partial charge in [-0.1, -0.05) is 24.3 Å². The first-order valence-electron chi connectivity index (χ1n) is 20.7. The first kappa shape index (κ1) is 42.2. The maximum atomic E-state index is 15.7. The number of pyridine rings is 1. The van der Waals surface area contributed by atoms with E-state index in [2.05, 4.69) is 25.1 Å². The number of piperidine rings is 1. The Morgan fingerprint density at radius 3 is 2.46 bits per heavy atom. The van der Waals surface area contributed by atoms with Gasteiger partial charge in [-0.25, -0.2) is 18.2 Å². The monoisotopic (exact) mass is 884 g/mol. The van der Waals surface area contributed by atoms with Gasteiger partial charge in [0.05, 0.1) is 17.4 Å². The SMILES string of the molecule is O=C1CCC(N2Cc3cc(N4CCN(C[C@H](O)Cc5ccc(-c6cnc7[nH]cc(C(=O)c8c(F)ccc(NS(=O)(=O)N9CCC(F)C9)c8F)c7c6)cc5)CC4)ccc3C2=O)C(=O)N1. The fourth-order valence-electron chi connectivity index (χ4n) is 8.85. The summed E-state index contributed by atoms with van der Waals surface area (Å²) in [5.41, 5.74) is 3.24. The third-order valence-corrected chi connectivity index (χ3v) is 13.7. The predicted molar refractivity (Wildman–Crippen MR) is 226 cm³/mol. The molecule has 3 aromatic carbocycles. The zero-order valence-corrected chi connectivity index (χ0v) is 34.6. The number of benzene rings is 3. The Balaban J connectivity index is 0.805. The number of halogens is 3. The quantitative estimate of drug-likeness (QED) is 0.106. The van der Waals surface area contributed by atoms with Crippen LogP contribution in [0.1, 0.15) is 56.7 Å². The van der Waals surface area contributed by atoms with Crippen molar-refractivity contribution in [3.63, 3.8) is 0 Å². The molecule has 4 aliphatic heterocycles. The maximum absolute atomic E-state index is 15.7. The number of hydrogen-bond donors (Lipinski definition) is 4. The van der Waals surface area contributed by atoms with Gasteiger partial charge in [-0.2, -0.15) is 12.7 Å². The summed E-state index contributed by atoms with van der Waals surface area (Å²) in [6.45, 7) is 3.15. The number of rotatable bonds is 12. The first-order chi connectivity index (χ1) is 30.2. The zero-order chi connectivity index (χ0) is 44.2. The predicted octanol–water partition coefficient (Wildman–Crippen LogP) is 3.93. The molecular formula is C44H43F3N8O7S. The number of carbonyl (C=O) groups excluding carboxylic acids is 4. The summed E-state index contributed by atoms with van der Waals surface area (Å²) in [6.07, 6.45) is 1.77. The summed E-state index contributed by atoms with van der Waals surface area (Å²) in [5, 5.41) is 13.7. The van der Waals surface area contributed by atoms with Crippen molar-refractivity contribution in [2.24, 2.45) is 0 Å². The van der Waals surface area contributed by atoms with Gasteiger partial charge in [0.15, 0.2) is 5.82 Å². The summed E-state index contributed by atoms with van der Waals surface area (Å²) >= 11 is 0. The van der Waals surface area contributed by atoms with Crippen LogP contribution in [-0.2, 0) is 32.8 Å². The van der Waals surface area contributed by atoms with Gasteiger partial charge in [0.2, 0.25) is 17.6 Å². The van der Waals surface area contributed by atoms with Gasteiger partial charge >= 0.3 is 10.2 Å². The fraction of sp³-hybridized carbons (Fsp3) is 0.341. The molecule has 3 saturated heterocycles. The molecule has 6 heterocycles. The number of hydrogen-bond acceptors (Lipinski definition) is 10. The molecule has 3 atom stereocenters. The molecule has 0 spiro atoms. The third-order valence-electron chi connectivity index (χ3n) is 12.2. The summed E-state index contributed by atoms with van der Waals surface area (Å²) in [5.74, 6) is -4.61. The molecule has 0 radical (unpaired) electrons. The highest BCUT2D eigenvalue weighted by Crippen LogP contribution is 2.33. The van der Waals surface area contributed by atoms with Gasteiger partial charge in [-0.15, -0.1) is 0 Å². The number of fused-ring (bicyclic) bond motifs is 2. The van der Waals surface area contributed by atoms with E-state index in [0.29, 0.717) is 37.1 Å². The molecule has 19 heteroatoms. The topological polar surface area (TPSA) is 188 Å². The van der Waals surface area contributed by atoms with E-state index in [4.69, 9.17) is 0 Å². The van der Waals surface area contributed by atoms with Crippen LogP contribution in [0.5, 0.6) is 0 Å². The molecular weight excluding hydrogens is 842 g/mol. The lowest BCUT2D eigenvalue weighted by molar-refractivity contribution is -0.136. The summed E-state index contributed by atoms with van der Waals surface area (Å²) in [6, 6.07) is 15.9. The first-order valence-corrected chi connectivity index (χ1v) is 22.1. The number of nitrogens with zero attached hydrogens (tertiary/aromatic N) is 5. The molecule has 2 aromatic heterocycles. The molecule has 4 aliphatic rings. The van der Waals surface area contributed by atoms with E-state index in [1.807, 2.05) is 41.1 Å². The number of aliphatic hydroxyl groups excluding tert-OH is 1. The van der Waals surface area contributed by atoms with Gasteiger partial charge in [0, 0.05) is 98.9 Å². The number of H-pyrrole nitrogens is 1. The molecule has 15 nitrogen and oxygen atoms in total. The standard InChI is InChI=1S/C44H43F3N8O7S/c45-29-11-12-54(23-29)63(61,62)51-36-8-7-35(46)39(40(36)47)41(58)34-21-49-42-33(34)19-27(20-48-42)26-3-1-25(2-4-26)17-31(56)24-52-13-15-53(16-14-52)30-5-6-32-28(18-30)22-55(44(32)60)37-9-10-38(57)50-43(37)59/h1-8,18-21,29,31,37,51,56H,9-17,22-24H2,(H,48,49)(H,50,57,59)/t29?,31-,37?/m1/s1. The Labute approximate surface area is 360 Å². The summed E-state index contributed by atoms with van der Waals surface area (Å²) in [7, 11) is -4.37. The molecule has 9 rings (SSSR count). The van der Waals surface area contributed by atoms with Crippen molar-refractivity contribution in [3.8, 4) is 11.1 Å². The van der Waals surface area contributed by atoms with Crippen molar-refractivity contribution >= 4 is 56.1 Å². The number of alkyl halides is 1. The molecule has 328 valence electrons. The van der Waals surface area contributed by atoms with E-state index in [9.17, 15) is 37.1 Å². The van der Waals surface area contributed by atoms with Crippen LogP contribution in [0, 0.1) is 11.6 Å². The Morgan fingerprint density at radius 2 is 1.73 bits per heavy atom. The van der Waals surface area contributed by atoms with E-state index in [0.717, 1.165) is 65.0 Å². The van der Waals surface area contributed by atoms with Crippen molar-refractivity contribution in [1.82, 2.24) is 29.4 Å². The summed E-state index contributed by atoms with van der Waals surface area (Å²) < 4.78 is 72.9. The largest absolute Gasteiger partial charge is 0.391 e. The van der Waals surface area contributed by atoms with Crippen molar-refractivity contribution in [2.45, 2.75) is 50.5 Å². The molecule has 0 saturated carbocycles. The van der Waals surface area contributed by atoms with E-state index in [-0.39, 0.29) is 47.8 Å². The lowest BCUT2D eigenvalue weighted by Crippen LogP contribution is -2.52. The van der Waals surface area contributed by atoms with Crippen molar-refractivity contribution in [1.29, 1.82) is 0 Å². The summed E-state index contributed by atoms with van der Waals surface area (Å²) in [4.78, 5) is 64.1. The van der Waals surface area contributed by atoms with E-state index < -0.39 is 69.6 Å². The average molecular weight is 885 g/mol. The lowest BCUT2D eigenvalue weighted by Gasteiger charge is -2.37. The minimum absolute atomic E-state index is 0.00874. The van der Waals surface area contributed by atoms with Crippen LogP contribution in [0.4, 0.5) is 24.5 Å². The molecule has 0 bridgehead atoms. The van der Waals surface area contributed by atoms with Gasteiger partial charge in [-0.05, 0) is 72.4 Å². The second kappa shape index (κ2) is 16.9. The zero-order valence-electron chi connectivity index (χ0n) is 33.8. The highest BCUT2D eigenvalue weighted by atomic mass is 32.2.